The highest BCUT2D eigenvalue weighted by molar-refractivity contribution is 7.80. The number of aromatic nitrogens is 1. The smallest absolute Gasteiger partial charge is 0.379 e. The van der Waals surface area contributed by atoms with Gasteiger partial charge >= 0.3 is 6.18 Å². The molecule has 3 aliphatic rings. The molecule has 1 saturated heterocycles. The molecule has 0 radical (unpaired) electrons. The second-order valence-corrected chi connectivity index (χ2v) is 9.94. The Morgan fingerprint density at radius 1 is 1.23 bits per heavy atom. The highest BCUT2D eigenvalue weighted by Gasteiger charge is 2.34. The number of amides is 1. The van der Waals surface area contributed by atoms with E-state index in [1.165, 1.54) is 6.07 Å². The molecule has 0 bridgehead atoms. The Labute approximate surface area is 228 Å². The molecular weight excluding hydrogens is 531 g/mol. The summed E-state index contributed by atoms with van der Waals surface area (Å²) in [4.78, 5) is 24.1. The van der Waals surface area contributed by atoms with Crippen molar-refractivity contribution in [2.45, 2.75) is 25.6 Å². The molecule has 2 aromatic rings. The van der Waals surface area contributed by atoms with Crippen LogP contribution in [-0.2, 0) is 10.9 Å². The van der Waals surface area contributed by atoms with Gasteiger partial charge in [0, 0.05) is 50.1 Å². The third kappa shape index (κ3) is 6.37. The number of aliphatic imine (C=N–C) groups is 1. The quantitative estimate of drug-likeness (QED) is 0.412. The topological polar surface area (TPSA) is 103 Å². The van der Waals surface area contributed by atoms with E-state index in [2.05, 4.69) is 36.1 Å². The second-order valence-electron chi connectivity index (χ2n) is 9.45. The number of carbonyl (C=O) groups excluding carboxylic acids is 1. The Balaban J connectivity index is 1.26. The highest BCUT2D eigenvalue weighted by Crippen LogP contribution is 2.39. The molecule has 3 aliphatic heterocycles. The van der Waals surface area contributed by atoms with Gasteiger partial charge in [-0.15, -0.1) is 0 Å². The predicted molar refractivity (Wildman–Crippen MR) is 146 cm³/mol. The molecule has 4 N–H and O–H groups in total. The van der Waals surface area contributed by atoms with Gasteiger partial charge in [-0.05, 0) is 36.8 Å². The van der Waals surface area contributed by atoms with E-state index in [9.17, 15) is 18.0 Å². The second kappa shape index (κ2) is 11.3. The van der Waals surface area contributed by atoms with Crippen LogP contribution in [0.4, 0.5) is 24.5 Å². The Morgan fingerprint density at radius 3 is 2.77 bits per heavy atom. The van der Waals surface area contributed by atoms with Crippen molar-refractivity contribution < 1.29 is 22.7 Å². The molecule has 206 valence electrons. The molecule has 5 rings (SSSR count). The number of aryl methyl sites for hydroxylation is 1. The van der Waals surface area contributed by atoms with E-state index in [4.69, 9.17) is 17.0 Å². The van der Waals surface area contributed by atoms with Crippen molar-refractivity contribution in [2.24, 2.45) is 4.99 Å². The number of morpholine rings is 1. The lowest BCUT2D eigenvalue weighted by Gasteiger charge is -2.27. The van der Waals surface area contributed by atoms with Crippen LogP contribution in [0.15, 0.2) is 47.1 Å². The lowest BCUT2D eigenvalue weighted by atomic mass is 9.95. The summed E-state index contributed by atoms with van der Waals surface area (Å²) in [6, 6.07) is 6.53. The van der Waals surface area contributed by atoms with Crippen molar-refractivity contribution in [3.8, 4) is 0 Å². The zero-order valence-corrected chi connectivity index (χ0v) is 22.0. The van der Waals surface area contributed by atoms with Gasteiger partial charge in [0.2, 0.25) is 5.96 Å². The van der Waals surface area contributed by atoms with Crippen LogP contribution in [0, 0.1) is 6.92 Å². The van der Waals surface area contributed by atoms with E-state index in [-0.39, 0.29) is 5.91 Å². The first kappa shape index (κ1) is 27.0. The summed E-state index contributed by atoms with van der Waals surface area (Å²) in [6.07, 6.45) is -2.44. The summed E-state index contributed by atoms with van der Waals surface area (Å²) >= 11 is 5.34. The van der Waals surface area contributed by atoms with E-state index in [0.29, 0.717) is 65.5 Å². The number of fused-ring (bicyclic) bond motifs is 3. The largest absolute Gasteiger partial charge is 0.416 e. The Morgan fingerprint density at radius 2 is 2.03 bits per heavy atom. The summed E-state index contributed by atoms with van der Waals surface area (Å²) in [5, 5.41) is 12.3. The van der Waals surface area contributed by atoms with Gasteiger partial charge in [0.05, 0.1) is 41.2 Å². The van der Waals surface area contributed by atoms with Crippen LogP contribution in [0.25, 0.3) is 0 Å². The first-order valence-corrected chi connectivity index (χ1v) is 13.0. The predicted octanol–water partition coefficient (Wildman–Crippen LogP) is 3.61. The first-order valence-electron chi connectivity index (χ1n) is 12.5. The average Bonchev–Trinajstić information content (AvgIpc) is 3.04. The molecule has 0 saturated carbocycles. The summed E-state index contributed by atoms with van der Waals surface area (Å²) in [5.74, 6) is 0.144. The Bertz CT molecular complexity index is 1340. The van der Waals surface area contributed by atoms with Crippen molar-refractivity contribution in [1.82, 2.24) is 20.5 Å². The summed E-state index contributed by atoms with van der Waals surface area (Å²) in [7, 11) is 0. The van der Waals surface area contributed by atoms with Crippen LogP contribution < -0.4 is 21.3 Å². The number of alkyl halides is 3. The number of pyridine rings is 1. The minimum Gasteiger partial charge on any atom is -0.379 e. The summed E-state index contributed by atoms with van der Waals surface area (Å²) in [6.45, 7) is 6.16. The normalized spacial score (nSPS) is 19.4. The Kier molecular flexibility index (Phi) is 7.82. The number of guanidine groups is 1. The molecule has 1 aromatic heterocycles. The fourth-order valence-electron chi connectivity index (χ4n) is 4.64. The zero-order valence-electron chi connectivity index (χ0n) is 21.2. The molecule has 0 spiro atoms. The first-order chi connectivity index (χ1) is 18.7. The zero-order chi connectivity index (χ0) is 27.6. The van der Waals surface area contributed by atoms with Crippen LogP contribution in [-0.4, -0.2) is 66.1 Å². The molecular formula is C26H28F3N7O2S. The van der Waals surface area contributed by atoms with Crippen LogP contribution >= 0.6 is 12.2 Å². The fraction of sp³-hybridized carbons (Fsp3) is 0.385. The van der Waals surface area contributed by atoms with Crippen LogP contribution in [0.5, 0.6) is 0 Å². The van der Waals surface area contributed by atoms with Gasteiger partial charge in [0.25, 0.3) is 5.91 Å². The maximum absolute atomic E-state index is 13.3. The highest BCUT2D eigenvalue weighted by atomic mass is 32.1. The van der Waals surface area contributed by atoms with Gasteiger partial charge in [-0.1, -0.05) is 18.3 Å². The van der Waals surface area contributed by atoms with E-state index < -0.39 is 17.8 Å². The monoisotopic (exact) mass is 559 g/mol. The number of nitrogens with zero attached hydrogens (tertiary/aromatic N) is 3. The maximum Gasteiger partial charge on any atom is 0.416 e. The Hall–Kier alpha value is -3.55. The molecule has 9 nitrogen and oxygen atoms in total. The van der Waals surface area contributed by atoms with Gasteiger partial charge in [-0.2, -0.15) is 13.2 Å². The van der Waals surface area contributed by atoms with Crippen molar-refractivity contribution in [3.63, 3.8) is 0 Å². The minimum atomic E-state index is -4.46. The standard InChI is InChI=1S/C26H28F3N7O2S/c1-15-19(4-5-20(32-15)24(37)30-6-7-36-8-10-38-11-9-36)34-25-31-14-16-12-22(39)33-21-13-17(26(27,28)29)2-3-18(21)23(16)35-25/h2-5,13-14,23H,6-12H2,1H3,(H,30,37)(H,33,39)(H2,31,34,35). The van der Waals surface area contributed by atoms with Gasteiger partial charge in [-0.3, -0.25) is 9.69 Å². The van der Waals surface area contributed by atoms with E-state index in [1.54, 1.807) is 25.3 Å². The number of nitrogens with one attached hydrogen (secondary N) is 4. The molecule has 4 heterocycles. The SMILES string of the molecule is Cc1nc(C(=O)NCCN2CCOCC2)ccc1NC1=NC=C2CC(=S)Nc3cc(C(F)(F)F)ccc3C2N1. The van der Waals surface area contributed by atoms with Crippen molar-refractivity contribution in [3.05, 3.63) is 64.6 Å². The number of carbonyl (C=O) groups is 1. The molecule has 13 heteroatoms. The number of anilines is 2. The number of rotatable bonds is 5. The van der Waals surface area contributed by atoms with Crippen molar-refractivity contribution in [2.75, 3.05) is 50.0 Å². The lowest BCUT2D eigenvalue weighted by molar-refractivity contribution is -0.137. The number of hydrogen-bond acceptors (Lipinski definition) is 8. The molecule has 1 amide bonds. The third-order valence-corrected chi connectivity index (χ3v) is 6.98. The summed E-state index contributed by atoms with van der Waals surface area (Å²) in [5.41, 5.74) is 2.54. The molecule has 39 heavy (non-hydrogen) atoms. The van der Waals surface area contributed by atoms with Crippen LogP contribution in [0.1, 0.15) is 39.8 Å². The van der Waals surface area contributed by atoms with Gasteiger partial charge in [0.15, 0.2) is 0 Å². The molecule has 1 unspecified atom stereocenters. The lowest BCUT2D eigenvalue weighted by Crippen LogP contribution is -2.41. The minimum absolute atomic E-state index is 0.254. The van der Waals surface area contributed by atoms with Crippen molar-refractivity contribution in [1.29, 1.82) is 0 Å². The molecule has 0 aliphatic carbocycles. The number of halogens is 3. The van der Waals surface area contributed by atoms with E-state index in [0.717, 1.165) is 37.3 Å². The van der Waals surface area contributed by atoms with Gasteiger partial charge in [0.1, 0.15) is 5.69 Å². The average molecular weight is 560 g/mol. The number of ether oxygens (including phenoxy) is 1. The van der Waals surface area contributed by atoms with Crippen LogP contribution in [0.3, 0.4) is 0 Å². The van der Waals surface area contributed by atoms with E-state index in [1.807, 2.05) is 0 Å². The fourth-order valence-corrected chi connectivity index (χ4v) is 4.92. The van der Waals surface area contributed by atoms with Gasteiger partial charge in [-0.25, -0.2) is 9.98 Å². The van der Waals surface area contributed by atoms with Crippen LogP contribution in [0.2, 0.25) is 0 Å². The van der Waals surface area contributed by atoms with Crippen molar-refractivity contribution >= 4 is 40.4 Å². The molecule has 1 atom stereocenters. The number of benzene rings is 1. The summed E-state index contributed by atoms with van der Waals surface area (Å²) < 4.78 is 45.2. The van der Waals surface area contributed by atoms with E-state index >= 15 is 0 Å². The molecule has 1 fully saturated rings. The number of thiocarbonyl (C=S) groups is 1. The maximum atomic E-state index is 13.3. The van der Waals surface area contributed by atoms with Gasteiger partial charge < -0.3 is 26.0 Å². The third-order valence-electron chi connectivity index (χ3n) is 6.73. The number of hydrogen-bond donors (Lipinski definition) is 4. The molecule has 1 aromatic carbocycles.